The molecule has 1 nitrogen and oxygen atoms in total. The molecule has 96 valence electrons. The number of Topliss-reactive ketones (excluding diaryl/α,β-unsaturated/α-hetero) is 1. The number of rotatable bonds is 2. The molecule has 0 fully saturated rings. The summed E-state index contributed by atoms with van der Waals surface area (Å²) in [6.07, 6.45) is -13.5. The van der Waals surface area contributed by atoms with Gasteiger partial charge < -0.3 is 0 Å². The van der Waals surface area contributed by atoms with E-state index in [9.17, 15) is 48.7 Å². The first-order chi connectivity index (χ1) is 6.65. The highest BCUT2D eigenvalue weighted by atomic mass is 19.4. The third kappa shape index (κ3) is 2.21. The van der Waals surface area contributed by atoms with E-state index in [1.54, 1.807) is 0 Å². The van der Waals surface area contributed by atoms with Gasteiger partial charge in [0.05, 0.1) is 0 Å². The molecule has 0 unspecified atom stereocenters. The minimum Gasteiger partial charge on any atom is -0.282 e. The molecule has 0 aromatic rings. The highest BCUT2D eigenvalue weighted by Crippen LogP contribution is 2.48. The van der Waals surface area contributed by atoms with Crippen LogP contribution in [0.3, 0.4) is 0 Å². The minimum atomic E-state index is -7.09. The number of alkyl halides is 10. The molecule has 0 atom stereocenters. The van der Waals surface area contributed by atoms with Gasteiger partial charge in [-0.15, -0.1) is 0 Å². The Kier molecular flexibility index (Phi) is 3.26. The van der Waals surface area contributed by atoms with Gasteiger partial charge in [0, 0.05) is 0 Å². The van der Waals surface area contributed by atoms with Crippen molar-refractivity contribution in [3.8, 4) is 0 Å². The predicted octanol–water partition coefficient (Wildman–Crippen LogP) is 2.95. The molecule has 0 aliphatic carbocycles. The second-order valence-electron chi connectivity index (χ2n) is 2.47. The quantitative estimate of drug-likeness (QED) is 0.702. The van der Waals surface area contributed by atoms with Crippen LogP contribution >= 0.6 is 0 Å². The van der Waals surface area contributed by atoms with Gasteiger partial charge in [-0.25, -0.2) is 0 Å². The van der Waals surface area contributed by atoms with E-state index in [-0.39, 0.29) is 0 Å². The number of halogens is 10. The standard InChI is InChI=1S/C5F10O/c6-2(7,1(16)3(8,9)10)4(11,12)5(13,14)15. The Bertz CT molecular complexity index is 283. The maximum absolute atomic E-state index is 12.0. The lowest BCUT2D eigenvalue weighted by molar-refractivity contribution is -0.348. The lowest BCUT2D eigenvalue weighted by atomic mass is 10.1. The van der Waals surface area contributed by atoms with Crippen LogP contribution in [-0.4, -0.2) is 30.0 Å². The summed E-state index contributed by atoms with van der Waals surface area (Å²) < 4.78 is 116. The molecule has 0 N–H and O–H groups in total. The Balaban J connectivity index is 5.46. The summed E-state index contributed by atoms with van der Waals surface area (Å²) in [5.74, 6) is -18.4. The van der Waals surface area contributed by atoms with E-state index in [1.807, 2.05) is 0 Å². The summed E-state index contributed by atoms with van der Waals surface area (Å²) >= 11 is 0. The van der Waals surface area contributed by atoms with Gasteiger partial charge in [-0.05, 0) is 0 Å². The SMILES string of the molecule is O=C(C(F)(F)F)C(F)(F)C(F)(F)C(F)(F)F. The van der Waals surface area contributed by atoms with E-state index < -0.39 is 30.0 Å². The Morgan fingerprint density at radius 1 is 0.688 bits per heavy atom. The smallest absolute Gasteiger partial charge is 0.282 e. The van der Waals surface area contributed by atoms with Crippen LogP contribution in [0.4, 0.5) is 43.9 Å². The molecule has 16 heavy (non-hydrogen) atoms. The molecular formula is C5F10O. The second-order valence-corrected chi connectivity index (χ2v) is 2.47. The van der Waals surface area contributed by atoms with Crippen molar-refractivity contribution in [1.29, 1.82) is 0 Å². The fraction of sp³-hybridized carbons (Fsp3) is 0.800. The predicted molar refractivity (Wildman–Crippen MR) is 27.0 cm³/mol. The third-order valence-corrected chi connectivity index (χ3v) is 1.29. The molecule has 0 radical (unpaired) electrons. The first kappa shape index (κ1) is 15.0. The molecule has 0 saturated carbocycles. The van der Waals surface area contributed by atoms with Gasteiger partial charge in [0.2, 0.25) is 0 Å². The van der Waals surface area contributed by atoms with Crippen LogP contribution in [-0.2, 0) is 4.79 Å². The Hall–Kier alpha value is -1.03. The molecular weight excluding hydrogens is 266 g/mol. The van der Waals surface area contributed by atoms with Gasteiger partial charge in [-0.2, -0.15) is 43.9 Å². The zero-order valence-corrected chi connectivity index (χ0v) is 6.69. The average Bonchev–Trinajstić information content (AvgIpc) is 1.98. The van der Waals surface area contributed by atoms with Crippen molar-refractivity contribution in [1.82, 2.24) is 0 Å². The van der Waals surface area contributed by atoms with Crippen LogP contribution < -0.4 is 0 Å². The third-order valence-electron chi connectivity index (χ3n) is 1.29. The molecule has 0 saturated heterocycles. The van der Waals surface area contributed by atoms with Crippen LogP contribution in [0.25, 0.3) is 0 Å². The Morgan fingerprint density at radius 2 is 1.00 bits per heavy atom. The van der Waals surface area contributed by atoms with E-state index in [1.165, 1.54) is 0 Å². The van der Waals surface area contributed by atoms with E-state index in [4.69, 9.17) is 0 Å². The fourth-order valence-electron chi connectivity index (χ4n) is 0.499. The summed E-state index contributed by atoms with van der Waals surface area (Å²) in [5.41, 5.74) is 0. The van der Waals surface area contributed by atoms with Crippen molar-refractivity contribution in [3.63, 3.8) is 0 Å². The second kappa shape index (κ2) is 3.48. The van der Waals surface area contributed by atoms with Gasteiger partial charge in [0.1, 0.15) is 0 Å². The lowest BCUT2D eigenvalue weighted by Gasteiger charge is -2.27. The number of carbonyl (C=O) groups is 1. The number of carbonyl (C=O) groups excluding carboxylic acids is 1. The molecule has 0 amide bonds. The summed E-state index contributed by atoms with van der Waals surface area (Å²) in [4.78, 5) is 9.72. The normalized spacial score (nSPS) is 15.1. The van der Waals surface area contributed by atoms with Gasteiger partial charge in [0.15, 0.2) is 0 Å². The first-order valence-corrected chi connectivity index (χ1v) is 3.09. The fourth-order valence-corrected chi connectivity index (χ4v) is 0.499. The molecule has 0 aromatic carbocycles. The minimum absolute atomic E-state index is 4.46. The van der Waals surface area contributed by atoms with E-state index in [0.29, 0.717) is 0 Å². The Labute approximate surface area is 80.0 Å². The van der Waals surface area contributed by atoms with Crippen molar-refractivity contribution in [2.45, 2.75) is 24.2 Å². The lowest BCUT2D eigenvalue weighted by Crippen LogP contribution is -2.59. The molecule has 0 aliphatic rings. The molecule has 0 aromatic heterocycles. The highest BCUT2D eigenvalue weighted by molar-refractivity contribution is 5.91. The van der Waals surface area contributed by atoms with Crippen molar-refractivity contribution in [2.24, 2.45) is 0 Å². The molecule has 0 rings (SSSR count). The maximum atomic E-state index is 12.0. The summed E-state index contributed by atoms with van der Waals surface area (Å²) in [5, 5.41) is 0. The van der Waals surface area contributed by atoms with Gasteiger partial charge in [-0.1, -0.05) is 0 Å². The molecule has 0 bridgehead atoms. The van der Waals surface area contributed by atoms with Crippen molar-refractivity contribution < 1.29 is 48.7 Å². The van der Waals surface area contributed by atoms with Crippen LogP contribution in [0.2, 0.25) is 0 Å². The molecule has 11 heteroatoms. The van der Waals surface area contributed by atoms with E-state index in [2.05, 4.69) is 0 Å². The van der Waals surface area contributed by atoms with Crippen LogP contribution in [0, 0.1) is 0 Å². The topological polar surface area (TPSA) is 17.1 Å². The molecule has 0 aliphatic heterocycles. The van der Waals surface area contributed by atoms with Crippen LogP contribution in [0.1, 0.15) is 0 Å². The van der Waals surface area contributed by atoms with Crippen LogP contribution in [0.5, 0.6) is 0 Å². The van der Waals surface area contributed by atoms with Gasteiger partial charge in [0.25, 0.3) is 0 Å². The number of hydrogen-bond donors (Lipinski definition) is 0. The van der Waals surface area contributed by atoms with Crippen LogP contribution in [0.15, 0.2) is 0 Å². The monoisotopic (exact) mass is 266 g/mol. The van der Waals surface area contributed by atoms with Crippen molar-refractivity contribution >= 4 is 5.78 Å². The Morgan fingerprint density at radius 3 is 1.19 bits per heavy atom. The largest absolute Gasteiger partial charge is 0.460 e. The zero-order chi connectivity index (χ0) is 13.6. The number of ketones is 1. The maximum Gasteiger partial charge on any atom is 0.460 e. The van der Waals surface area contributed by atoms with E-state index >= 15 is 0 Å². The van der Waals surface area contributed by atoms with E-state index in [0.717, 1.165) is 0 Å². The zero-order valence-electron chi connectivity index (χ0n) is 6.69. The van der Waals surface area contributed by atoms with Crippen molar-refractivity contribution in [3.05, 3.63) is 0 Å². The summed E-state index contributed by atoms with van der Waals surface area (Å²) in [6.45, 7) is 0. The van der Waals surface area contributed by atoms with Gasteiger partial charge in [-0.3, -0.25) is 4.79 Å². The first-order valence-electron chi connectivity index (χ1n) is 3.09. The number of hydrogen-bond acceptors (Lipinski definition) is 1. The van der Waals surface area contributed by atoms with Crippen molar-refractivity contribution in [2.75, 3.05) is 0 Å². The summed E-state index contributed by atoms with van der Waals surface area (Å²) in [6, 6.07) is 0. The molecule has 0 heterocycles. The van der Waals surface area contributed by atoms with Gasteiger partial charge >= 0.3 is 30.0 Å². The molecule has 0 spiro atoms. The highest BCUT2D eigenvalue weighted by Gasteiger charge is 2.79. The average molecular weight is 266 g/mol. The summed E-state index contributed by atoms with van der Waals surface area (Å²) in [7, 11) is 0.